The molecule has 7 nitrogen and oxygen atoms in total. The maximum atomic E-state index is 12.9. The van der Waals surface area contributed by atoms with Crippen molar-refractivity contribution >= 4 is 33.4 Å². The Hall–Kier alpha value is -2.78. The van der Waals surface area contributed by atoms with Gasteiger partial charge in [0.1, 0.15) is 5.82 Å². The molecule has 0 aliphatic rings. The van der Waals surface area contributed by atoms with Crippen LogP contribution >= 0.6 is 11.6 Å². The smallest absolute Gasteiger partial charge is 0.322 e. The average Bonchev–Trinajstić information content (AvgIpc) is 3.10. The SMILES string of the molecule is O=C(CCCS(=O)(=O)c1ccc(F)cc1)Nc1nnc(-c2cccc(Cl)c2)o1. The fourth-order valence-electron chi connectivity index (χ4n) is 2.38. The third kappa shape index (κ3) is 5.14. The van der Waals surface area contributed by atoms with E-state index in [1.807, 2.05) is 0 Å². The molecule has 1 aromatic heterocycles. The number of hydrogen-bond acceptors (Lipinski definition) is 6. The Morgan fingerprint density at radius 2 is 1.89 bits per heavy atom. The van der Waals surface area contributed by atoms with Gasteiger partial charge in [0.05, 0.1) is 10.6 Å². The Kier molecular flexibility index (Phi) is 6.05. The molecule has 3 rings (SSSR count). The minimum Gasteiger partial charge on any atom is -0.403 e. The van der Waals surface area contributed by atoms with Gasteiger partial charge in [0, 0.05) is 17.0 Å². The lowest BCUT2D eigenvalue weighted by Crippen LogP contribution is -2.14. The van der Waals surface area contributed by atoms with Gasteiger partial charge >= 0.3 is 6.01 Å². The van der Waals surface area contributed by atoms with Gasteiger partial charge in [0.15, 0.2) is 9.84 Å². The molecule has 0 spiro atoms. The number of anilines is 1. The van der Waals surface area contributed by atoms with Crippen LogP contribution in [0, 0.1) is 5.82 Å². The standard InChI is InChI=1S/C18H15ClFN3O4S/c19-13-4-1-3-12(11-13)17-22-23-18(27-17)21-16(24)5-2-10-28(25,26)15-8-6-14(20)7-9-15/h1,3-4,6-9,11H,2,5,10H2,(H,21,23,24). The number of nitrogens with one attached hydrogen (secondary N) is 1. The van der Waals surface area contributed by atoms with Gasteiger partial charge in [-0.3, -0.25) is 10.1 Å². The van der Waals surface area contributed by atoms with Crippen molar-refractivity contribution in [1.29, 1.82) is 0 Å². The monoisotopic (exact) mass is 423 g/mol. The minimum absolute atomic E-state index is 0.0115. The van der Waals surface area contributed by atoms with Crippen molar-refractivity contribution in [2.24, 2.45) is 0 Å². The molecule has 0 saturated heterocycles. The average molecular weight is 424 g/mol. The van der Waals surface area contributed by atoms with Crippen LogP contribution in [0.3, 0.4) is 0 Å². The van der Waals surface area contributed by atoms with Crippen molar-refractivity contribution < 1.29 is 22.0 Å². The summed E-state index contributed by atoms with van der Waals surface area (Å²) in [6, 6.07) is 11.2. The van der Waals surface area contributed by atoms with Crippen LogP contribution in [-0.4, -0.2) is 30.3 Å². The van der Waals surface area contributed by atoms with Gasteiger partial charge in [0.25, 0.3) is 0 Å². The van der Waals surface area contributed by atoms with Crippen LogP contribution < -0.4 is 5.32 Å². The Morgan fingerprint density at radius 3 is 2.61 bits per heavy atom. The summed E-state index contributed by atoms with van der Waals surface area (Å²) in [4.78, 5) is 12.0. The summed E-state index contributed by atoms with van der Waals surface area (Å²) in [5.41, 5.74) is 0.603. The molecule has 0 unspecified atom stereocenters. The molecule has 1 heterocycles. The lowest BCUT2D eigenvalue weighted by molar-refractivity contribution is -0.116. The van der Waals surface area contributed by atoms with Crippen LogP contribution in [-0.2, 0) is 14.6 Å². The van der Waals surface area contributed by atoms with E-state index in [1.165, 1.54) is 12.1 Å². The first kappa shape index (κ1) is 20.0. The number of carbonyl (C=O) groups excluding carboxylic acids is 1. The summed E-state index contributed by atoms with van der Waals surface area (Å²) in [6.07, 6.45) is 0.0239. The largest absolute Gasteiger partial charge is 0.403 e. The fourth-order valence-corrected chi connectivity index (χ4v) is 3.88. The number of amides is 1. The fraction of sp³-hybridized carbons (Fsp3) is 0.167. The van der Waals surface area contributed by atoms with Crippen LogP contribution in [0.4, 0.5) is 10.4 Å². The normalized spacial score (nSPS) is 11.4. The highest BCUT2D eigenvalue weighted by atomic mass is 35.5. The van der Waals surface area contributed by atoms with Gasteiger partial charge < -0.3 is 4.42 Å². The van der Waals surface area contributed by atoms with Gasteiger partial charge in [-0.05, 0) is 48.9 Å². The predicted octanol–water partition coefficient (Wildman–Crippen LogP) is 3.72. The first-order valence-corrected chi connectivity index (χ1v) is 10.2. The molecule has 0 atom stereocenters. The van der Waals surface area contributed by atoms with E-state index in [0.29, 0.717) is 10.6 Å². The molecule has 0 aliphatic carbocycles. The van der Waals surface area contributed by atoms with E-state index < -0.39 is 21.6 Å². The van der Waals surface area contributed by atoms with Gasteiger partial charge in [0.2, 0.25) is 11.8 Å². The summed E-state index contributed by atoms with van der Waals surface area (Å²) in [6.45, 7) is 0. The Morgan fingerprint density at radius 1 is 1.14 bits per heavy atom. The number of nitrogens with zero attached hydrogens (tertiary/aromatic N) is 2. The topological polar surface area (TPSA) is 102 Å². The summed E-state index contributed by atoms with van der Waals surface area (Å²) < 4.78 is 42.6. The van der Waals surface area contributed by atoms with Crippen molar-refractivity contribution in [2.45, 2.75) is 17.7 Å². The summed E-state index contributed by atoms with van der Waals surface area (Å²) >= 11 is 5.90. The molecule has 1 amide bonds. The maximum Gasteiger partial charge on any atom is 0.322 e. The number of carbonyl (C=O) groups is 1. The third-order valence-corrected chi connectivity index (χ3v) is 5.78. The molecular formula is C18H15ClFN3O4S. The first-order chi connectivity index (χ1) is 13.3. The number of halogens is 2. The zero-order valence-electron chi connectivity index (χ0n) is 14.4. The second-order valence-corrected chi connectivity index (χ2v) is 8.39. The van der Waals surface area contributed by atoms with E-state index in [4.69, 9.17) is 16.0 Å². The van der Waals surface area contributed by atoms with Crippen molar-refractivity contribution in [1.82, 2.24) is 10.2 Å². The number of rotatable bonds is 7. The zero-order valence-corrected chi connectivity index (χ0v) is 16.0. The Labute approximate surface area is 165 Å². The highest BCUT2D eigenvalue weighted by molar-refractivity contribution is 7.91. The van der Waals surface area contributed by atoms with E-state index in [0.717, 1.165) is 12.1 Å². The van der Waals surface area contributed by atoms with Gasteiger partial charge in [-0.15, -0.1) is 5.10 Å². The van der Waals surface area contributed by atoms with Crippen LogP contribution in [0.1, 0.15) is 12.8 Å². The second-order valence-electron chi connectivity index (χ2n) is 5.85. The van der Waals surface area contributed by atoms with Gasteiger partial charge in [-0.2, -0.15) is 0 Å². The molecule has 3 aromatic rings. The van der Waals surface area contributed by atoms with Crippen LogP contribution in [0.15, 0.2) is 57.8 Å². The van der Waals surface area contributed by atoms with Crippen LogP contribution in [0.25, 0.3) is 11.5 Å². The van der Waals surface area contributed by atoms with Gasteiger partial charge in [-0.1, -0.05) is 22.8 Å². The molecular weight excluding hydrogens is 409 g/mol. The Bertz CT molecular complexity index is 1080. The molecule has 10 heteroatoms. The second kappa shape index (κ2) is 8.49. The lowest BCUT2D eigenvalue weighted by Gasteiger charge is -2.04. The summed E-state index contributed by atoms with van der Waals surface area (Å²) in [5, 5.41) is 10.5. The molecule has 0 radical (unpaired) electrons. The lowest BCUT2D eigenvalue weighted by atomic mass is 10.2. The number of hydrogen-bond donors (Lipinski definition) is 1. The summed E-state index contributed by atoms with van der Waals surface area (Å²) in [7, 11) is -3.59. The molecule has 0 fully saturated rings. The highest BCUT2D eigenvalue weighted by Gasteiger charge is 2.16. The third-order valence-electron chi connectivity index (χ3n) is 3.73. The molecule has 0 bridgehead atoms. The molecule has 1 N–H and O–H groups in total. The number of aromatic nitrogens is 2. The maximum absolute atomic E-state index is 12.9. The van der Waals surface area contributed by atoms with Crippen molar-refractivity contribution in [3.8, 4) is 11.5 Å². The number of benzene rings is 2. The first-order valence-electron chi connectivity index (χ1n) is 8.21. The van der Waals surface area contributed by atoms with E-state index in [9.17, 15) is 17.6 Å². The zero-order chi connectivity index (χ0) is 20.1. The van der Waals surface area contributed by atoms with Crippen LogP contribution in [0.5, 0.6) is 0 Å². The van der Waals surface area contributed by atoms with Crippen molar-refractivity contribution in [3.63, 3.8) is 0 Å². The van der Waals surface area contributed by atoms with E-state index in [1.54, 1.807) is 24.3 Å². The van der Waals surface area contributed by atoms with Gasteiger partial charge in [-0.25, -0.2) is 12.8 Å². The molecule has 2 aromatic carbocycles. The molecule has 0 saturated carbocycles. The molecule has 28 heavy (non-hydrogen) atoms. The van der Waals surface area contributed by atoms with E-state index >= 15 is 0 Å². The van der Waals surface area contributed by atoms with Crippen LogP contribution in [0.2, 0.25) is 5.02 Å². The van der Waals surface area contributed by atoms with E-state index in [2.05, 4.69) is 15.5 Å². The Balaban J connectivity index is 1.53. The predicted molar refractivity (Wildman–Crippen MR) is 101 cm³/mol. The van der Waals surface area contributed by atoms with Crippen molar-refractivity contribution in [2.75, 3.05) is 11.1 Å². The number of sulfone groups is 1. The minimum atomic E-state index is -3.59. The summed E-state index contributed by atoms with van der Waals surface area (Å²) in [5.74, 6) is -1.04. The van der Waals surface area contributed by atoms with E-state index in [-0.39, 0.29) is 35.4 Å². The molecule has 146 valence electrons. The highest BCUT2D eigenvalue weighted by Crippen LogP contribution is 2.23. The van der Waals surface area contributed by atoms with Crippen molar-refractivity contribution in [3.05, 3.63) is 59.4 Å². The molecule has 0 aliphatic heterocycles. The quantitative estimate of drug-likeness (QED) is 0.581.